The zero-order chi connectivity index (χ0) is 16.4. The molecule has 0 unspecified atom stereocenters. The molecule has 1 atom stereocenters. The zero-order valence-corrected chi connectivity index (χ0v) is 12.8. The fourth-order valence-corrected chi connectivity index (χ4v) is 1.59. The van der Waals surface area contributed by atoms with Crippen molar-refractivity contribution in [1.82, 2.24) is 4.90 Å². The number of hydrogen-bond acceptors (Lipinski definition) is 4. The van der Waals surface area contributed by atoms with Gasteiger partial charge in [0.15, 0.2) is 0 Å². The third-order valence-corrected chi connectivity index (χ3v) is 2.84. The first-order chi connectivity index (χ1) is 9.53. The van der Waals surface area contributed by atoms with Crippen molar-refractivity contribution in [2.45, 2.75) is 39.3 Å². The summed E-state index contributed by atoms with van der Waals surface area (Å²) in [6, 6.07) is 2.20. The van der Waals surface area contributed by atoms with E-state index < -0.39 is 29.3 Å². The van der Waals surface area contributed by atoms with Crippen molar-refractivity contribution in [3.05, 3.63) is 29.6 Å². The number of carbonyl (C=O) groups excluding carboxylic acids is 2. The maximum Gasteiger partial charge on any atom is 0.329 e. The van der Waals surface area contributed by atoms with Gasteiger partial charge in [-0.15, -0.1) is 0 Å². The standard InChI is InChI=1S/C15H20FNO4/c1-9(14(20)21-15(2,3)4)17(5)13(19)11-8-10(16)6-7-12(11)18/h6-9,18H,1-5H3/t9-/m0/s1. The summed E-state index contributed by atoms with van der Waals surface area (Å²) in [5, 5.41) is 9.63. The lowest BCUT2D eigenvalue weighted by Crippen LogP contribution is -2.43. The Labute approximate surface area is 123 Å². The molecular weight excluding hydrogens is 277 g/mol. The summed E-state index contributed by atoms with van der Waals surface area (Å²) in [6.07, 6.45) is 0. The van der Waals surface area contributed by atoms with Crippen LogP contribution in [0.2, 0.25) is 0 Å². The summed E-state index contributed by atoms with van der Waals surface area (Å²) >= 11 is 0. The molecule has 0 fully saturated rings. The first-order valence-electron chi connectivity index (χ1n) is 6.51. The van der Waals surface area contributed by atoms with Crippen molar-refractivity contribution in [1.29, 1.82) is 0 Å². The van der Waals surface area contributed by atoms with Crippen LogP contribution in [0.5, 0.6) is 5.75 Å². The maximum atomic E-state index is 13.2. The lowest BCUT2D eigenvalue weighted by molar-refractivity contribution is -0.159. The number of esters is 1. The number of aromatic hydroxyl groups is 1. The zero-order valence-electron chi connectivity index (χ0n) is 12.8. The first-order valence-corrected chi connectivity index (χ1v) is 6.51. The number of halogens is 1. The molecule has 0 saturated heterocycles. The Morgan fingerprint density at radius 2 is 1.90 bits per heavy atom. The summed E-state index contributed by atoms with van der Waals surface area (Å²) in [7, 11) is 1.39. The second kappa shape index (κ2) is 6.11. The van der Waals surface area contributed by atoms with E-state index in [4.69, 9.17) is 4.74 Å². The van der Waals surface area contributed by atoms with E-state index in [1.165, 1.54) is 14.0 Å². The minimum absolute atomic E-state index is 0.201. The molecule has 0 radical (unpaired) electrons. The first kappa shape index (κ1) is 16.9. The number of phenolic OH excluding ortho intramolecular Hbond substituents is 1. The van der Waals surface area contributed by atoms with Gasteiger partial charge >= 0.3 is 5.97 Å². The highest BCUT2D eigenvalue weighted by Gasteiger charge is 2.29. The Morgan fingerprint density at radius 3 is 2.43 bits per heavy atom. The number of likely N-dealkylation sites (N-methyl/N-ethyl adjacent to an activating group) is 1. The van der Waals surface area contributed by atoms with Crippen LogP contribution in [0.3, 0.4) is 0 Å². The van der Waals surface area contributed by atoms with Crippen LogP contribution in [0.1, 0.15) is 38.1 Å². The van der Waals surface area contributed by atoms with Crippen LogP contribution in [0.15, 0.2) is 18.2 Å². The van der Waals surface area contributed by atoms with Gasteiger partial charge in [0.25, 0.3) is 5.91 Å². The average Bonchev–Trinajstić information content (AvgIpc) is 2.37. The van der Waals surface area contributed by atoms with Gasteiger partial charge in [0.2, 0.25) is 0 Å². The number of carbonyl (C=O) groups is 2. The summed E-state index contributed by atoms with van der Waals surface area (Å²) in [4.78, 5) is 25.3. The van der Waals surface area contributed by atoms with Gasteiger partial charge in [0.05, 0.1) is 5.56 Å². The second-order valence-electron chi connectivity index (χ2n) is 5.79. The van der Waals surface area contributed by atoms with E-state index in [-0.39, 0.29) is 11.3 Å². The summed E-state index contributed by atoms with van der Waals surface area (Å²) in [6.45, 7) is 6.66. The van der Waals surface area contributed by atoms with Gasteiger partial charge < -0.3 is 14.7 Å². The Balaban J connectivity index is 2.92. The number of phenols is 1. The highest BCUT2D eigenvalue weighted by molar-refractivity contribution is 5.98. The molecule has 0 heterocycles. The van der Waals surface area contributed by atoms with Gasteiger partial charge in [-0.05, 0) is 45.9 Å². The van der Waals surface area contributed by atoms with Crippen molar-refractivity contribution in [3.63, 3.8) is 0 Å². The second-order valence-corrected chi connectivity index (χ2v) is 5.79. The fourth-order valence-electron chi connectivity index (χ4n) is 1.59. The molecule has 1 amide bonds. The van der Waals surface area contributed by atoms with E-state index in [0.29, 0.717) is 0 Å². The average molecular weight is 297 g/mol. The molecule has 0 saturated carbocycles. The Morgan fingerprint density at radius 1 is 1.33 bits per heavy atom. The molecule has 0 spiro atoms. The molecule has 6 heteroatoms. The van der Waals surface area contributed by atoms with Gasteiger partial charge in [0.1, 0.15) is 23.2 Å². The maximum absolute atomic E-state index is 13.2. The van der Waals surface area contributed by atoms with Gasteiger partial charge in [0, 0.05) is 7.05 Å². The Kier molecular flexibility index (Phi) is 4.93. The monoisotopic (exact) mass is 297 g/mol. The summed E-state index contributed by atoms with van der Waals surface area (Å²) in [5.41, 5.74) is -0.871. The summed E-state index contributed by atoms with van der Waals surface area (Å²) in [5.74, 6) is -2.22. The number of ether oxygens (including phenoxy) is 1. The fraction of sp³-hybridized carbons (Fsp3) is 0.467. The number of nitrogens with zero attached hydrogens (tertiary/aromatic N) is 1. The number of rotatable bonds is 3. The van der Waals surface area contributed by atoms with Crippen LogP contribution in [0.4, 0.5) is 4.39 Å². The van der Waals surface area contributed by atoms with Gasteiger partial charge in [-0.25, -0.2) is 9.18 Å². The van der Waals surface area contributed by atoms with E-state index >= 15 is 0 Å². The van der Waals surface area contributed by atoms with Crippen LogP contribution >= 0.6 is 0 Å². The smallest absolute Gasteiger partial charge is 0.329 e. The van der Waals surface area contributed by atoms with Crippen LogP contribution in [-0.4, -0.2) is 40.6 Å². The molecule has 0 aromatic heterocycles. The van der Waals surface area contributed by atoms with Gasteiger partial charge in [-0.2, -0.15) is 0 Å². The summed E-state index contributed by atoms with van der Waals surface area (Å²) < 4.78 is 18.4. The van der Waals surface area contributed by atoms with E-state index in [1.807, 2.05) is 0 Å². The molecule has 21 heavy (non-hydrogen) atoms. The lowest BCUT2D eigenvalue weighted by atomic mass is 10.1. The Hall–Kier alpha value is -2.11. The van der Waals surface area contributed by atoms with Gasteiger partial charge in [-0.3, -0.25) is 4.79 Å². The third kappa shape index (κ3) is 4.44. The van der Waals surface area contributed by atoms with Crippen molar-refractivity contribution in [3.8, 4) is 5.75 Å². The van der Waals surface area contributed by atoms with E-state index in [0.717, 1.165) is 23.1 Å². The van der Waals surface area contributed by atoms with Crippen molar-refractivity contribution >= 4 is 11.9 Å². The molecule has 0 aliphatic rings. The lowest BCUT2D eigenvalue weighted by Gasteiger charge is -2.27. The molecule has 1 N–H and O–H groups in total. The largest absolute Gasteiger partial charge is 0.507 e. The number of benzene rings is 1. The normalized spacial score (nSPS) is 12.7. The number of amides is 1. The van der Waals surface area contributed by atoms with Crippen molar-refractivity contribution in [2.24, 2.45) is 0 Å². The highest BCUT2D eigenvalue weighted by Crippen LogP contribution is 2.21. The van der Waals surface area contributed by atoms with Crippen LogP contribution in [0.25, 0.3) is 0 Å². The third-order valence-electron chi connectivity index (χ3n) is 2.84. The predicted octanol–water partition coefficient (Wildman–Crippen LogP) is 2.33. The molecule has 116 valence electrons. The van der Waals surface area contributed by atoms with E-state index in [2.05, 4.69) is 0 Å². The molecule has 0 aliphatic carbocycles. The van der Waals surface area contributed by atoms with Gasteiger partial charge in [-0.1, -0.05) is 0 Å². The topological polar surface area (TPSA) is 66.8 Å². The van der Waals surface area contributed by atoms with Crippen molar-refractivity contribution < 1.29 is 23.8 Å². The highest BCUT2D eigenvalue weighted by atomic mass is 19.1. The quantitative estimate of drug-likeness (QED) is 0.870. The van der Waals surface area contributed by atoms with Crippen LogP contribution in [0, 0.1) is 5.82 Å². The molecule has 0 aliphatic heterocycles. The van der Waals surface area contributed by atoms with Crippen LogP contribution < -0.4 is 0 Å². The minimum Gasteiger partial charge on any atom is -0.507 e. The van der Waals surface area contributed by atoms with E-state index in [9.17, 15) is 19.1 Å². The molecule has 1 aromatic carbocycles. The molecule has 1 rings (SSSR count). The molecule has 1 aromatic rings. The van der Waals surface area contributed by atoms with Crippen molar-refractivity contribution in [2.75, 3.05) is 7.05 Å². The SMILES string of the molecule is C[C@@H](C(=O)OC(C)(C)C)N(C)C(=O)c1cc(F)ccc1O. The van der Waals surface area contributed by atoms with Crippen LogP contribution in [-0.2, 0) is 9.53 Å². The van der Waals surface area contributed by atoms with E-state index in [1.54, 1.807) is 20.8 Å². The Bertz CT molecular complexity index is 551. The molecule has 5 nitrogen and oxygen atoms in total. The molecule has 0 bridgehead atoms. The number of hydrogen-bond donors (Lipinski definition) is 1. The molecular formula is C15H20FNO4. The minimum atomic E-state index is -0.862. The predicted molar refractivity (Wildman–Crippen MR) is 75.5 cm³/mol.